The van der Waals surface area contributed by atoms with E-state index in [1.54, 1.807) is 6.07 Å². The van der Waals surface area contributed by atoms with Gasteiger partial charge in [0.15, 0.2) is 11.5 Å². The van der Waals surface area contributed by atoms with Gasteiger partial charge in [0, 0.05) is 0 Å². The highest BCUT2D eigenvalue weighted by Crippen LogP contribution is 2.36. The standard InChI is InChI=1S/C17H17BrO7/c1-4-23-15-12(18)7-10(8-14(15)21-2)16(19)24-9-11-5-6-13(25-11)17(20)22-3/h5-8H,4,9H2,1-3H3. The van der Waals surface area contributed by atoms with Gasteiger partial charge < -0.3 is 23.4 Å². The molecule has 0 fully saturated rings. The zero-order chi connectivity index (χ0) is 18.4. The van der Waals surface area contributed by atoms with E-state index >= 15 is 0 Å². The molecule has 0 spiro atoms. The third-order valence-corrected chi connectivity index (χ3v) is 3.74. The van der Waals surface area contributed by atoms with Gasteiger partial charge in [0.1, 0.15) is 12.4 Å². The number of benzene rings is 1. The fourth-order valence-electron chi connectivity index (χ4n) is 2.01. The van der Waals surface area contributed by atoms with E-state index in [0.29, 0.717) is 28.3 Å². The van der Waals surface area contributed by atoms with E-state index in [-0.39, 0.29) is 17.9 Å². The summed E-state index contributed by atoms with van der Waals surface area (Å²) in [7, 11) is 2.73. The molecule has 0 aliphatic carbocycles. The number of hydrogen-bond acceptors (Lipinski definition) is 7. The first-order chi connectivity index (χ1) is 12.0. The van der Waals surface area contributed by atoms with Gasteiger partial charge in [-0.25, -0.2) is 9.59 Å². The van der Waals surface area contributed by atoms with Crippen molar-refractivity contribution in [2.24, 2.45) is 0 Å². The van der Waals surface area contributed by atoms with Gasteiger partial charge in [0.05, 0.1) is 30.9 Å². The van der Waals surface area contributed by atoms with Crippen LogP contribution in [0.25, 0.3) is 0 Å². The Balaban J connectivity index is 2.09. The summed E-state index contributed by atoms with van der Waals surface area (Å²) >= 11 is 3.35. The highest BCUT2D eigenvalue weighted by molar-refractivity contribution is 9.10. The lowest BCUT2D eigenvalue weighted by molar-refractivity contribution is 0.0438. The summed E-state index contributed by atoms with van der Waals surface area (Å²) in [5, 5.41) is 0. The molecule has 1 heterocycles. The van der Waals surface area contributed by atoms with Crippen LogP contribution >= 0.6 is 15.9 Å². The van der Waals surface area contributed by atoms with Crippen molar-refractivity contribution in [3.63, 3.8) is 0 Å². The number of carbonyl (C=O) groups is 2. The zero-order valence-corrected chi connectivity index (χ0v) is 15.5. The average Bonchev–Trinajstić information content (AvgIpc) is 3.09. The lowest BCUT2D eigenvalue weighted by Gasteiger charge is -2.13. The molecule has 2 rings (SSSR count). The second-order valence-electron chi connectivity index (χ2n) is 4.76. The van der Waals surface area contributed by atoms with E-state index in [4.69, 9.17) is 18.6 Å². The van der Waals surface area contributed by atoms with Crippen molar-refractivity contribution in [1.29, 1.82) is 0 Å². The summed E-state index contributed by atoms with van der Waals surface area (Å²) in [6, 6.07) is 6.09. The van der Waals surface area contributed by atoms with Crippen molar-refractivity contribution >= 4 is 27.9 Å². The normalized spacial score (nSPS) is 10.2. The smallest absolute Gasteiger partial charge is 0.373 e. The number of esters is 2. The molecule has 0 aliphatic heterocycles. The summed E-state index contributed by atoms with van der Waals surface area (Å²) in [5.41, 5.74) is 0.284. The molecular formula is C17H17BrO7. The van der Waals surface area contributed by atoms with Crippen LogP contribution < -0.4 is 9.47 Å². The number of ether oxygens (including phenoxy) is 4. The number of furan rings is 1. The average molecular weight is 413 g/mol. The first kappa shape index (κ1) is 18.9. The SMILES string of the molecule is CCOc1c(Br)cc(C(=O)OCc2ccc(C(=O)OC)o2)cc1OC. The van der Waals surface area contributed by atoms with Crippen molar-refractivity contribution in [1.82, 2.24) is 0 Å². The van der Waals surface area contributed by atoms with Crippen LogP contribution in [0.2, 0.25) is 0 Å². The van der Waals surface area contributed by atoms with Crippen LogP contribution in [0.3, 0.4) is 0 Å². The molecule has 25 heavy (non-hydrogen) atoms. The Labute approximate surface area is 152 Å². The quantitative estimate of drug-likeness (QED) is 0.642. The van der Waals surface area contributed by atoms with E-state index in [0.717, 1.165) is 0 Å². The van der Waals surface area contributed by atoms with E-state index in [1.165, 1.54) is 32.4 Å². The van der Waals surface area contributed by atoms with Gasteiger partial charge in [-0.05, 0) is 47.1 Å². The molecule has 7 nitrogen and oxygen atoms in total. The molecule has 0 bridgehead atoms. The van der Waals surface area contributed by atoms with Crippen LogP contribution in [0.1, 0.15) is 33.6 Å². The first-order valence-corrected chi connectivity index (χ1v) is 8.13. The Morgan fingerprint density at radius 1 is 1.16 bits per heavy atom. The van der Waals surface area contributed by atoms with Crippen molar-refractivity contribution < 1.29 is 33.0 Å². The van der Waals surface area contributed by atoms with E-state index in [2.05, 4.69) is 20.7 Å². The minimum absolute atomic E-state index is 0.0408. The van der Waals surface area contributed by atoms with E-state index in [1.807, 2.05) is 6.92 Å². The first-order valence-electron chi connectivity index (χ1n) is 7.34. The Hall–Kier alpha value is -2.48. The minimum atomic E-state index is -0.599. The molecule has 0 radical (unpaired) electrons. The Morgan fingerprint density at radius 3 is 2.56 bits per heavy atom. The molecule has 1 aromatic carbocycles. The second-order valence-corrected chi connectivity index (χ2v) is 5.61. The fourth-order valence-corrected chi connectivity index (χ4v) is 2.56. The van der Waals surface area contributed by atoms with E-state index < -0.39 is 11.9 Å². The Morgan fingerprint density at radius 2 is 1.92 bits per heavy atom. The van der Waals surface area contributed by atoms with Crippen molar-refractivity contribution in [2.75, 3.05) is 20.8 Å². The lowest BCUT2D eigenvalue weighted by Crippen LogP contribution is -2.06. The van der Waals surface area contributed by atoms with Crippen molar-refractivity contribution in [3.8, 4) is 11.5 Å². The second kappa shape index (κ2) is 8.57. The predicted octanol–water partition coefficient (Wildman–Crippen LogP) is 3.59. The summed E-state index contributed by atoms with van der Waals surface area (Å²) in [5.74, 6) is 0.116. The van der Waals surface area contributed by atoms with Crippen LogP contribution in [-0.4, -0.2) is 32.8 Å². The topological polar surface area (TPSA) is 84.2 Å². The van der Waals surface area contributed by atoms with Crippen molar-refractivity contribution in [3.05, 3.63) is 45.8 Å². The summed E-state index contributed by atoms with van der Waals surface area (Å²) in [6.45, 7) is 2.18. The summed E-state index contributed by atoms with van der Waals surface area (Å²) in [6.07, 6.45) is 0. The third kappa shape index (κ3) is 4.54. The molecule has 0 N–H and O–H groups in total. The van der Waals surface area contributed by atoms with Gasteiger partial charge in [0.25, 0.3) is 0 Å². The molecule has 0 saturated heterocycles. The van der Waals surface area contributed by atoms with Crippen LogP contribution in [-0.2, 0) is 16.1 Å². The number of carbonyl (C=O) groups excluding carboxylic acids is 2. The van der Waals surface area contributed by atoms with Crippen LogP contribution in [0, 0.1) is 0 Å². The van der Waals surface area contributed by atoms with Gasteiger partial charge in [0.2, 0.25) is 5.76 Å². The number of halogens is 1. The molecule has 134 valence electrons. The largest absolute Gasteiger partial charge is 0.493 e. The van der Waals surface area contributed by atoms with Crippen LogP contribution in [0.5, 0.6) is 11.5 Å². The van der Waals surface area contributed by atoms with Gasteiger partial charge in [-0.2, -0.15) is 0 Å². The molecule has 0 saturated carbocycles. The van der Waals surface area contributed by atoms with Crippen molar-refractivity contribution in [2.45, 2.75) is 13.5 Å². The molecular weight excluding hydrogens is 396 g/mol. The molecule has 0 amide bonds. The number of hydrogen-bond donors (Lipinski definition) is 0. The molecule has 0 aliphatic rings. The van der Waals surface area contributed by atoms with Gasteiger partial charge in [-0.3, -0.25) is 0 Å². The molecule has 1 aromatic heterocycles. The molecule has 2 aromatic rings. The predicted molar refractivity (Wildman–Crippen MR) is 91.0 cm³/mol. The Kier molecular flexibility index (Phi) is 6.46. The maximum Gasteiger partial charge on any atom is 0.373 e. The lowest BCUT2D eigenvalue weighted by atomic mass is 10.2. The monoisotopic (exact) mass is 412 g/mol. The summed E-state index contributed by atoms with van der Waals surface area (Å²) < 4.78 is 26.3. The zero-order valence-electron chi connectivity index (χ0n) is 14.0. The minimum Gasteiger partial charge on any atom is -0.493 e. The number of rotatable bonds is 7. The highest BCUT2D eigenvalue weighted by atomic mass is 79.9. The van der Waals surface area contributed by atoms with Gasteiger partial charge in [-0.15, -0.1) is 0 Å². The fraction of sp³-hybridized carbons (Fsp3) is 0.294. The van der Waals surface area contributed by atoms with Gasteiger partial charge >= 0.3 is 11.9 Å². The number of methoxy groups -OCH3 is 2. The molecule has 0 unspecified atom stereocenters. The van der Waals surface area contributed by atoms with Crippen LogP contribution in [0.4, 0.5) is 0 Å². The molecule has 8 heteroatoms. The maximum absolute atomic E-state index is 12.2. The third-order valence-electron chi connectivity index (χ3n) is 3.15. The summed E-state index contributed by atoms with van der Waals surface area (Å²) in [4.78, 5) is 23.6. The maximum atomic E-state index is 12.2. The van der Waals surface area contributed by atoms with Gasteiger partial charge in [-0.1, -0.05) is 0 Å². The molecule has 0 atom stereocenters. The highest BCUT2D eigenvalue weighted by Gasteiger charge is 2.17. The van der Waals surface area contributed by atoms with E-state index in [9.17, 15) is 9.59 Å². The Bertz CT molecular complexity index is 766. The van der Waals surface area contributed by atoms with Crippen LogP contribution in [0.15, 0.2) is 33.2 Å².